The molecule has 5 nitrogen and oxygen atoms in total. The molecular formula is C10H11N3O2S. The van der Waals surface area contributed by atoms with Crippen LogP contribution < -0.4 is 15.4 Å². The summed E-state index contributed by atoms with van der Waals surface area (Å²) in [5, 5.41) is 5.66. The van der Waals surface area contributed by atoms with Gasteiger partial charge in [-0.25, -0.2) is 9.78 Å². The number of hydrogen-bond acceptors (Lipinski definition) is 4. The molecule has 0 atom stereocenters. The first-order valence-electron chi connectivity index (χ1n) is 4.67. The van der Waals surface area contributed by atoms with E-state index in [0.29, 0.717) is 10.9 Å². The second-order valence-corrected chi connectivity index (χ2v) is 4.06. The summed E-state index contributed by atoms with van der Waals surface area (Å²) >= 11 is 1.41. The van der Waals surface area contributed by atoms with Gasteiger partial charge in [0.05, 0.1) is 11.8 Å². The largest absolute Gasteiger partial charge is 0.494 e. The molecule has 2 rings (SSSR count). The van der Waals surface area contributed by atoms with Crippen LogP contribution in [0.25, 0.3) is 10.2 Å². The molecule has 2 aromatic rings. The summed E-state index contributed by atoms with van der Waals surface area (Å²) in [5.41, 5.74) is 0.765. The fourth-order valence-corrected chi connectivity index (χ4v) is 2.18. The topological polar surface area (TPSA) is 63.2 Å². The number of urea groups is 1. The Hall–Kier alpha value is -1.82. The number of ether oxygens (including phenoxy) is 1. The maximum Gasteiger partial charge on any atom is 0.320 e. The Morgan fingerprint density at radius 1 is 1.50 bits per heavy atom. The SMILES string of the molecule is CNC(=O)Nc1nc2c(OC)cccc2s1. The van der Waals surface area contributed by atoms with Crippen molar-refractivity contribution < 1.29 is 9.53 Å². The zero-order chi connectivity index (χ0) is 11.5. The van der Waals surface area contributed by atoms with E-state index in [-0.39, 0.29) is 6.03 Å². The molecule has 0 saturated carbocycles. The maximum absolute atomic E-state index is 11.1. The van der Waals surface area contributed by atoms with E-state index in [9.17, 15) is 4.79 Å². The Morgan fingerprint density at radius 2 is 2.31 bits per heavy atom. The highest BCUT2D eigenvalue weighted by molar-refractivity contribution is 7.22. The molecule has 0 aliphatic carbocycles. The number of methoxy groups -OCH3 is 1. The zero-order valence-electron chi connectivity index (χ0n) is 8.90. The number of fused-ring (bicyclic) bond motifs is 1. The summed E-state index contributed by atoms with van der Waals surface area (Å²) in [4.78, 5) is 15.4. The highest BCUT2D eigenvalue weighted by Gasteiger charge is 2.09. The molecule has 0 bridgehead atoms. The predicted molar refractivity (Wildman–Crippen MR) is 64.3 cm³/mol. The number of anilines is 1. The number of nitrogens with zero attached hydrogens (tertiary/aromatic N) is 1. The Kier molecular flexibility index (Phi) is 2.91. The molecular weight excluding hydrogens is 226 g/mol. The lowest BCUT2D eigenvalue weighted by atomic mass is 10.3. The number of benzene rings is 1. The molecule has 6 heteroatoms. The summed E-state index contributed by atoms with van der Waals surface area (Å²) in [6, 6.07) is 5.39. The van der Waals surface area contributed by atoms with Crippen molar-refractivity contribution in [2.24, 2.45) is 0 Å². The van der Waals surface area contributed by atoms with Gasteiger partial charge in [0.15, 0.2) is 5.13 Å². The van der Waals surface area contributed by atoms with Gasteiger partial charge in [-0.2, -0.15) is 0 Å². The molecule has 1 aromatic heterocycles. The van der Waals surface area contributed by atoms with Gasteiger partial charge in [-0.05, 0) is 12.1 Å². The third-order valence-corrected chi connectivity index (χ3v) is 2.99. The Balaban J connectivity index is 2.39. The first-order chi connectivity index (χ1) is 7.74. The van der Waals surface area contributed by atoms with Gasteiger partial charge in [-0.15, -0.1) is 0 Å². The van der Waals surface area contributed by atoms with E-state index in [1.807, 2.05) is 18.2 Å². The van der Waals surface area contributed by atoms with Crippen molar-refractivity contribution in [3.8, 4) is 5.75 Å². The quantitative estimate of drug-likeness (QED) is 0.840. The summed E-state index contributed by atoms with van der Waals surface area (Å²) in [7, 11) is 3.16. The second-order valence-electron chi connectivity index (χ2n) is 3.03. The highest BCUT2D eigenvalue weighted by Crippen LogP contribution is 2.31. The Morgan fingerprint density at radius 3 is 3.00 bits per heavy atom. The Bertz CT molecular complexity index is 524. The molecule has 0 aliphatic rings. The minimum Gasteiger partial charge on any atom is -0.494 e. The average molecular weight is 237 g/mol. The number of nitrogens with one attached hydrogen (secondary N) is 2. The number of carbonyl (C=O) groups excluding carboxylic acids is 1. The van der Waals surface area contributed by atoms with Gasteiger partial charge in [-0.1, -0.05) is 17.4 Å². The number of thiazole rings is 1. The molecule has 84 valence electrons. The summed E-state index contributed by atoms with van der Waals surface area (Å²) in [6.45, 7) is 0. The number of carbonyl (C=O) groups is 1. The lowest BCUT2D eigenvalue weighted by Crippen LogP contribution is -2.24. The van der Waals surface area contributed by atoms with Crippen molar-refractivity contribution in [1.82, 2.24) is 10.3 Å². The van der Waals surface area contributed by atoms with Crippen LogP contribution in [0.5, 0.6) is 5.75 Å². The molecule has 0 saturated heterocycles. The average Bonchev–Trinajstić information content (AvgIpc) is 2.70. The number of rotatable bonds is 2. The molecule has 16 heavy (non-hydrogen) atoms. The van der Waals surface area contributed by atoms with Gasteiger partial charge < -0.3 is 10.1 Å². The van der Waals surface area contributed by atoms with Crippen molar-refractivity contribution >= 4 is 32.7 Å². The molecule has 0 spiro atoms. The summed E-state index contributed by atoms with van der Waals surface area (Å²) in [6.07, 6.45) is 0. The van der Waals surface area contributed by atoms with Crippen LogP contribution in [0.4, 0.5) is 9.93 Å². The molecule has 2 amide bonds. The minimum atomic E-state index is -0.280. The van der Waals surface area contributed by atoms with Crippen LogP contribution in [0.3, 0.4) is 0 Å². The monoisotopic (exact) mass is 237 g/mol. The highest BCUT2D eigenvalue weighted by atomic mass is 32.1. The third kappa shape index (κ3) is 1.92. The fraction of sp³-hybridized carbons (Fsp3) is 0.200. The summed E-state index contributed by atoms with van der Waals surface area (Å²) < 4.78 is 6.17. The maximum atomic E-state index is 11.1. The predicted octanol–water partition coefficient (Wildman–Crippen LogP) is 2.06. The van der Waals surface area contributed by atoms with Crippen LogP contribution in [0.15, 0.2) is 18.2 Å². The van der Waals surface area contributed by atoms with Gasteiger partial charge >= 0.3 is 6.03 Å². The van der Waals surface area contributed by atoms with Gasteiger partial charge in [0, 0.05) is 7.05 Å². The van der Waals surface area contributed by atoms with Crippen LogP contribution in [0.2, 0.25) is 0 Å². The van der Waals surface area contributed by atoms with Crippen LogP contribution in [0.1, 0.15) is 0 Å². The van der Waals surface area contributed by atoms with Crippen molar-refractivity contribution in [3.05, 3.63) is 18.2 Å². The van der Waals surface area contributed by atoms with E-state index in [0.717, 1.165) is 10.2 Å². The van der Waals surface area contributed by atoms with E-state index >= 15 is 0 Å². The fourth-order valence-electron chi connectivity index (χ4n) is 1.30. The number of amides is 2. The van der Waals surface area contributed by atoms with E-state index in [2.05, 4.69) is 15.6 Å². The van der Waals surface area contributed by atoms with Crippen LogP contribution in [0, 0.1) is 0 Å². The first kappa shape index (κ1) is 10.7. The molecule has 0 unspecified atom stereocenters. The first-order valence-corrected chi connectivity index (χ1v) is 5.48. The minimum absolute atomic E-state index is 0.280. The van der Waals surface area contributed by atoms with Crippen molar-refractivity contribution in [1.29, 1.82) is 0 Å². The van der Waals surface area contributed by atoms with Crippen molar-refractivity contribution in [2.75, 3.05) is 19.5 Å². The van der Waals surface area contributed by atoms with Gasteiger partial charge in [0.1, 0.15) is 11.3 Å². The standard InChI is InChI=1S/C10H11N3O2S/c1-11-9(14)13-10-12-8-6(15-2)4-3-5-7(8)16-10/h3-5H,1-2H3,(H2,11,12,13,14). The van der Waals surface area contributed by atoms with Gasteiger partial charge in [0.25, 0.3) is 0 Å². The Labute approximate surface area is 96.4 Å². The van der Waals surface area contributed by atoms with Crippen LogP contribution in [-0.2, 0) is 0 Å². The molecule has 1 aromatic carbocycles. The molecule has 0 radical (unpaired) electrons. The van der Waals surface area contributed by atoms with Crippen LogP contribution in [-0.4, -0.2) is 25.2 Å². The third-order valence-electron chi connectivity index (χ3n) is 2.05. The smallest absolute Gasteiger partial charge is 0.320 e. The van der Waals surface area contributed by atoms with Gasteiger partial charge in [-0.3, -0.25) is 5.32 Å². The normalized spacial score (nSPS) is 10.1. The summed E-state index contributed by atoms with van der Waals surface area (Å²) in [5.74, 6) is 0.707. The molecule has 0 fully saturated rings. The van der Waals surface area contributed by atoms with Crippen molar-refractivity contribution in [2.45, 2.75) is 0 Å². The number of para-hydroxylation sites is 1. The molecule has 1 heterocycles. The van der Waals surface area contributed by atoms with E-state index in [1.54, 1.807) is 14.2 Å². The number of hydrogen-bond donors (Lipinski definition) is 2. The van der Waals surface area contributed by atoms with Gasteiger partial charge in [0.2, 0.25) is 0 Å². The second kappa shape index (κ2) is 4.36. The lowest BCUT2D eigenvalue weighted by Gasteiger charge is -1.98. The van der Waals surface area contributed by atoms with Crippen LogP contribution >= 0.6 is 11.3 Å². The molecule has 2 N–H and O–H groups in total. The molecule has 0 aliphatic heterocycles. The van der Waals surface area contributed by atoms with E-state index in [1.165, 1.54) is 11.3 Å². The van der Waals surface area contributed by atoms with E-state index in [4.69, 9.17) is 4.74 Å². The lowest BCUT2D eigenvalue weighted by molar-refractivity contribution is 0.254. The van der Waals surface area contributed by atoms with Crippen molar-refractivity contribution in [3.63, 3.8) is 0 Å². The zero-order valence-corrected chi connectivity index (χ0v) is 9.72. The number of aromatic nitrogens is 1. The van der Waals surface area contributed by atoms with E-state index < -0.39 is 0 Å².